The van der Waals surface area contributed by atoms with Gasteiger partial charge in [-0.2, -0.15) is 11.3 Å². The molecule has 116 valence electrons. The fraction of sp³-hybridized carbons (Fsp3) is 0.412. The first kappa shape index (κ1) is 15.2. The van der Waals surface area contributed by atoms with Crippen molar-refractivity contribution in [3.8, 4) is 0 Å². The molecule has 1 saturated heterocycles. The maximum Gasteiger partial charge on any atom is 0.307 e. The molecular formula is C17H20N2O2S. The molecule has 2 aromatic heterocycles. The minimum atomic E-state index is -0.674. The van der Waals surface area contributed by atoms with Crippen LogP contribution in [0.5, 0.6) is 0 Å². The van der Waals surface area contributed by atoms with E-state index in [4.69, 9.17) is 0 Å². The second-order valence-corrected chi connectivity index (χ2v) is 6.55. The Bertz CT molecular complexity index is 600. The maximum absolute atomic E-state index is 11.3. The highest BCUT2D eigenvalue weighted by molar-refractivity contribution is 7.07. The van der Waals surface area contributed by atoms with Crippen LogP contribution >= 0.6 is 11.3 Å². The van der Waals surface area contributed by atoms with E-state index in [1.807, 2.05) is 24.4 Å². The van der Waals surface area contributed by atoms with Crippen LogP contribution < -0.4 is 0 Å². The van der Waals surface area contributed by atoms with E-state index in [0.29, 0.717) is 6.54 Å². The molecule has 0 aliphatic carbocycles. The SMILES string of the molecule is O=C(O)C1CCCN(C(Cc2ccccn2)c2ccsc2)C1. The van der Waals surface area contributed by atoms with Crippen LogP contribution in [0, 0.1) is 5.92 Å². The molecule has 3 heterocycles. The molecule has 4 nitrogen and oxygen atoms in total. The van der Waals surface area contributed by atoms with Crippen LogP contribution in [0.4, 0.5) is 0 Å². The number of carboxylic acid groups (broad SMARTS) is 1. The average Bonchev–Trinajstić information content (AvgIpc) is 3.08. The number of aliphatic carboxylic acids is 1. The van der Waals surface area contributed by atoms with Gasteiger partial charge in [0.25, 0.3) is 0 Å². The standard InChI is InChI=1S/C17H20N2O2S/c20-17(21)13-4-3-8-19(11-13)16(14-6-9-22-12-14)10-15-5-1-2-7-18-15/h1-2,5-7,9,12-13,16H,3-4,8,10-11H2,(H,20,21). The van der Waals surface area contributed by atoms with Crippen molar-refractivity contribution >= 4 is 17.3 Å². The van der Waals surface area contributed by atoms with E-state index in [2.05, 4.69) is 26.7 Å². The predicted octanol–water partition coefficient (Wildman–Crippen LogP) is 3.22. The van der Waals surface area contributed by atoms with E-state index in [1.165, 1.54) is 5.56 Å². The molecule has 0 saturated carbocycles. The van der Waals surface area contributed by atoms with Crippen LogP contribution in [0.15, 0.2) is 41.2 Å². The number of hydrogen-bond donors (Lipinski definition) is 1. The quantitative estimate of drug-likeness (QED) is 0.920. The van der Waals surface area contributed by atoms with Crippen molar-refractivity contribution in [2.45, 2.75) is 25.3 Å². The monoisotopic (exact) mass is 316 g/mol. The molecule has 1 aliphatic heterocycles. The van der Waals surface area contributed by atoms with E-state index in [9.17, 15) is 9.90 Å². The van der Waals surface area contributed by atoms with Crippen LogP contribution in [0.25, 0.3) is 0 Å². The number of aromatic nitrogens is 1. The van der Waals surface area contributed by atoms with Crippen molar-refractivity contribution in [2.75, 3.05) is 13.1 Å². The van der Waals surface area contributed by atoms with E-state index >= 15 is 0 Å². The van der Waals surface area contributed by atoms with Crippen LogP contribution in [-0.2, 0) is 11.2 Å². The normalized spacial score (nSPS) is 20.6. The maximum atomic E-state index is 11.3. The summed E-state index contributed by atoms with van der Waals surface area (Å²) in [6, 6.07) is 8.32. The Labute approximate surface area is 134 Å². The van der Waals surface area contributed by atoms with Gasteiger partial charge in [-0.3, -0.25) is 14.7 Å². The van der Waals surface area contributed by atoms with Gasteiger partial charge in [0.05, 0.1) is 5.92 Å². The van der Waals surface area contributed by atoms with Crippen molar-refractivity contribution in [3.05, 3.63) is 52.5 Å². The lowest BCUT2D eigenvalue weighted by Crippen LogP contribution is -2.41. The van der Waals surface area contributed by atoms with Gasteiger partial charge in [-0.05, 0) is 53.9 Å². The van der Waals surface area contributed by atoms with Crippen molar-refractivity contribution in [1.82, 2.24) is 9.88 Å². The third kappa shape index (κ3) is 3.54. The zero-order valence-corrected chi connectivity index (χ0v) is 13.2. The average molecular weight is 316 g/mol. The second-order valence-electron chi connectivity index (χ2n) is 5.77. The summed E-state index contributed by atoms with van der Waals surface area (Å²) in [6.45, 7) is 1.58. The summed E-state index contributed by atoms with van der Waals surface area (Å²) in [4.78, 5) is 18.1. The number of hydrogen-bond acceptors (Lipinski definition) is 4. The molecule has 0 radical (unpaired) electrons. The highest BCUT2D eigenvalue weighted by atomic mass is 32.1. The molecule has 22 heavy (non-hydrogen) atoms. The molecular weight excluding hydrogens is 296 g/mol. The summed E-state index contributed by atoms with van der Waals surface area (Å²) >= 11 is 1.69. The molecule has 2 aromatic rings. The summed E-state index contributed by atoms with van der Waals surface area (Å²) in [5, 5.41) is 13.6. The van der Waals surface area contributed by atoms with Crippen molar-refractivity contribution in [1.29, 1.82) is 0 Å². The molecule has 0 spiro atoms. The third-order valence-corrected chi connectivity index (χ3v) is 5.00. The Morgan fingerprint density at radius 2 is 2.36 bits per heavy atom. The van der Waals surface area contributed by atoms with E-state index in [-0.39, 0.29) is 12.0 Å². The van der Waals surface area contributed by atoms with E-state index in [0.717, 1.165) is 31.5 Å². The molecule has 1 aliphatic rings. The fourth-order valence-electron chi connectivity index (χ4n) is 3.13. The van der Waals surface area contributed by atoms with Gasteiger partial charge in [0, 0.05) is 30.9 Å². The first-order chi connectivity index (χ1) is 10.7. The lowest BCUT2D eigenvalue weighted by Gasteiger charge is -2.36. The second kappa shape index (κ2) is 7.03. The largest absolute Gasteiger partial charge is 0.481 e. The Kier molecular flexibility index (Phi) is 4.85. The lowest BCUT2D eigenvalue weighted by atomic mass is 9.94. The summed E-state index contributed by atoms with van der Waals surface area (Å²) in [5.41, 5.74) is 2.32. The molecule has 2 unspecified atom stereocenters. The molecule has 0 amide bonds. The topological polar surface area (TPSA) is 53.4 Å². The van der Waals surface area contributed by atoms with Crippen LogP contribution in [0.1, 0.15) is 30.1 Å². The van der Waals surface area contributed by atoms with Crippen molar-refractivity contribution in [2.24, 2.45) is 5.92 Å². The summed E-state index contributed by atoms with van der Waals surface area (Å²) in [7, 11) is 0. The predicted molar refractivity (Wildman–Crippen MR) is 86.9 cm³/mol. The number of carbonyl (C=O) groups is 1. The number of rotatable bonds is 5. The van der Waals surface area contributed by atoms with Crippen LogP contribution in [-0.4, -0.2) is 34.0 Å². The van der Waals surface area contributed by atoms with Gasteiger partial charge < -0.3 is 5.11 Å². The molecule has 1 fully saturated rings. The van der Waals surface area contributed by atoms with Gasteiger partial charge in [0.15, 0.2) is 0 Å². The minimum Gasteiger partial charge on any atom is -0.481 e. The summed E-state index contributed by atoms with van der Waals surface area (Å²) in [6.07, 6.45) is 4.37. The first-order valence-corrected chi connectivity index (χ1v) is 8.57. The zero-order valence-electron chi connectivity index (χ0n) is 12.4. The molecule has 1 N–H and O–H groups in total. The number of likely N-dealkylation sites (tertiary alicyclic amines) is 1. The van der Waals surface area contributed by atoms with Crippen LogP contribution in [0.3, 0.4) is 0 Å². The molecule has 0 aromatic carbocycles. The third-order valence-electron chi connectivity index (χ3n) is 4.30. The summed E-state index contributed by atoms with van der Waals surface area (Å²) < 4.78 is 0. The molecule has 0 bridgehead atoms. The van der Waals surface area contributed by atoms with Crippen molar-refractivity contribution < 1.29 is 9.90 Å². The van der Waals surface area contributed by atoms with Gasteiger partial charge in [-0.1, -0.05) is 6.07 Å². The number of carboxylic acids is 1. The Hall–Kier alpha value is -1.72. The molecule has 2 atom stereocenters. The van der Waals surface area contributed by atoms with E-state index < -0.39 is 5.97 Å². The number of piperidine rings is 1. The van der Waals surface area contributed by atoms with Gasteiger partial charge >= 0.3 is 5.97 Å². The Morgan fingerprint density at radius 1 is 1.45 bits per heavy atom. The lowest BCUT2D eigenvalue weighted by molar-refractivity contribution is -0.144. The number of pyridine rings is 1. The van der Waals surface area contributed by atoms with Gasteiger partial charge in [0.1, 0.15) is 0 Å². The van der Waals surface area contributed by atoms with E-state index in [1.54, 1.807) is 11.3 Å². The van der Waals surface area contributed by atoms with Crippen LogP contribution in [0.2, 0.25) is 0 Å². The minimum absolute atomic E-state index is 0.211. The Balaban J connectivity index is 1.81. The smallest absolute Gasteiger partial charge is 0.307 e. The van der Waals surface area contributed by atoms with Gasteiger partial charge in [-0.15, -0.1) is 0 Å². The molecule has 5 heteroatoms. The zero-order chi connectivity index (χ0) is 15.4. The number of thiophene rings is 1. The molecule has 3 rings (SSSR count). The van der Waals surface area contributed by atoms with Gasteiger partial charge in [0.2, 0.25) is 0 Å². The first-order valence-electron chi connectivity index (χ1n) is 7.63. The highest BCUT2D eigenvalue weighted by Gasteiger charge is 2.30. The van der Waals surface area contributed by atoms with Gasteiger partial charge in [-0.25, -0.2) is 0 Å². The number of nitrogens with zero attached hydrogens (tertiary/aromatic N) is 2. The fourth-order valence-corrected chi connectivity index (χ4v) is 3.84. The highest BCUT2D eigenvalue weighted by Crippen LogP contribution is 2.30. The Morgan fingerprint density at radius 3 is 3.05 bits per heavy atom. The summed E-state index contributed by atoms with van der Waals surface area (Å²) in [5.74, 6) is -0.926. The van der Waals surface area contributed by atoms with Crippen molar-refractivity contribution in [3.63, 3.8) is 0 Å².